The van der Waals surface area contributed by atoms with Crippen LogP contribution in [0.25, 0.3) is 0 Å². The van der Waals surface area contributed by atoms with Gasteiger partial charge in [-0.1, -0.05) is 0 Å². The molecule has 0 saturated carbocycles. The van der Waals surface area contributed by atoms with Crippen molar-refractivity contribution in [3.05, 3.63) is 29.8 Å². The molecule has 1 aliphatic rings. The van der Waals surface area contributed by atoms with Crippen LogP contribution in [-0.4, -0.2) is 37.1 Å². The number of nitrogens with zero attached hydrogens (tertiary/aromatic N) is 1. The lowest BCUT2D eigenvalue weighted by Crippen LogP contribution is -2.22. The first-order valence-corrected chi connectivity index (χ1v) is 6.51. The molecule has 0 aromatic heterocycles. The molecule has 0 aliphatic carbocycles. The summed E-state index contributed by atoms with van der Waals surface area (Å²) in [7, 11) is 0. The van der Waals surface area contributed by atoms with Gasteiger partial charge < -0.3 is 15.4 Å². The molecule has 0 bridgehead atoms. The molecule has 98 valence electrons. The second-order valence-corrected chi connectivity index (χ2v) is 4.66. The molecule has 0 radical (unpaired) electrons. The van der Waals surface area contributed by atoms with E-state index in [0.29, 0.717) is 17.9 Å². The highest BCUT2D eigenvalue weighted by Crippen LogP contribution is 2.09. The monoisotopic (exact) mass is 248 g/mol. The van der Waals surface area contributed by atoms with E-state index < -0.39 is 0 Å². The zero-order valence-corrected chi connectivity index (χ0v) is 10.6. The molecule has 0 unspecified atom stereocenters. The predicted molar refractivity (Wildman–Crippen MR) is 71.4 cm³/mol. The normalized spacial score (nSPS) is 15.8. The van der Waals surface area contributed by atoms with Crippen LogP contribution in [0.1, 0.15) is 29.6 Å². The molecule has 4 nitrogen and oxygen atoms in total. The number of likely N-dealkylation sites (tertiary alicyclic amines) is 1. The fourth-order valence-electron chi connectivity index (χ4n) is 2.16. The minimum Gasteiger partial charge on any atom is -0.462 e. The summed E-state index contributed by atoms with van der Waals surface area (Å²) in [6, 6.07) is 6.80. The van der Waals surface area contributed by atoms with Gasteiger partial charge in [0, 0.05) is 12.2 Å². The molecule has 2 rings (SSSR count). The van der Waals surface area contributed by atoms with Crippen molar-refractivity contribution in [3.8, 4) is 0 Å². The van der Waals surface area contributed by atoms with Crippen LogP contribution in [0.5, 0.6) is 0 Å². The number of carbonyl (C=O) groups excluding carboxylic acids is 1. The lowest BCUT2D eigenvalue weighted by molar-refractivity contribution is 0.0491. The van der Waals surface area contributed by atoms with Gasteiger partial charge in [-0.15, -0.1) is 0 Å². The number of esters is 1. The lowest BCUT2D eigenvalue weighted by Gasteiger charge is -2.13. The summed E-state index contributed by atoms with van der Waals surface area (Å²) in [6.07, 6.45) is 3.50. The quantitative estimate of drug-likeness (QED) is 0.491. The van der Waals surface area contributed by atoms with Crippen LogP contribution >= 0.6 is 0 Å². The maximum atomic E-state index is 11.7. The molecule has 2 N–H and O–H groups in total. The van der Waals surface area contributed by atoms with Crippen LogP contribution in [0.15, 0.2) is 24.3 Å². The Balaban J connectivity index is 1.66. The van der Waals surface area contributed by atoms with Gasteiger partial charge in [-0.2, -0.15) is 0 Å². The maximum absolute atomic E-state index is 11.7. The number of nitrogen functional groups attached to an aromatic ring is 1. The third kappa shape index (κ3) is 3.74. The van der Waals surface area contributed by atoms with Crippen LogP contribution in [0.2, 0.25) is 0 Å². The van der Waals surface area contributed by atoms with Crippen molar-refractivity contribution in [2.45, 2.75) is 19.3 Å². The first-order valence-electron chi connectivity index (χ1n) is 6.51. The van der Waals surface area contributed by atoms with Gasteiger partial charge in [-0.3, -0.25) is 0 Å². The Bertz CT molecular complexity index is 383. The minimum atomic E-state index is -0.267. The molecule has 0 atom stereocenters. The van der Waals surface area contributed by atoms with Crippen LogP contribution in [0.3, 0.4) is 0 Å². The standard InChI is InChI=1S/C14H20N2O2/c15-13-6-4-12(5-7-13)14(17)18-11-3-10-16-8-1-2-9-16/h4-7H,1-3,8-11,15H2. The van der Waals surface area contributed by atoms with Gasteiger partial charge in [-0.25, -0.2) is 4.79 Å². The van der Waals surface area contributed by atoms with E-state index in [-0.39, 0.29) is 5.97 Å². The number of anilines is 1. The Morgan fingerprint density at radius 1 is 1.22 bits per heavy atom. The number of hydrogen-bond donors (Lipinski definition) is 1. The van der Waals surface area contributed by atoms with E-state index >= 15 is 0 Å². The van der Waals surface area contributed by atoms with Crippen molar-refractivity contribution in [2.24, 2.45) is 0 Å². The van der Waals surface area contributed by atoms with E-state index in [1.807, 2.05) is 0 Å². The molecule has 0 spiro atoms. The molecule has 1 heterocycles. The topological polar surface area (TPSA) is 55.6 Å². The summed E-state index contributed by atoms with van der Waals surface area (Å²) in [4.78, 5) is 14.1. The molecule has 0 amide bonds. The van der Waals surface area contributed by atoms with E-state index in [4.69, 9.17) is 10.5 Å². The van der Waals surface area contributed by atoms with Gasteiger partial charge in [0.25, 0.3) is 0 Å². The molecule has 1 aromatic rings. The Kier molecular flexibility index (Phi) is 4.59. The minimum absolute atomic E-state index is 0.267. The third-order valence-corrected chi connectivity index (χ3v) is 3.20. The molecular weight excluding hydrogens is 228 g/mol. The van der Waals surface area contributed by atoms with Crippen molar-refractivity contribution < 1.29 is 9.53 Å². The fourth-order valence-corrected chi connectivity index (χ4v) is 2.16. The average Bonchev–Trinajstić information content (AvgIpc) is 2.88. The van der Waals surface area contributed by atoms with Gasteiger partial charge >= 0.3 is 5.97 Å². The maximum Gasteiger partial charge on any atom is 0.338 e. The average molecular weight is 248 g/mol. The summed E-state index contributed by atoms with van der Waals surface area (Å²) in [5, 5.41) is 0. The van der Waals surface area contributed by atoms with Crippen LogP contribution < -0.4 is 5.73 Å². The van der Waals surface area contributed by atoms with E-state index in [1.165, 1.54) is 25.9 Å². The van der Waals surface area contributed by atoms with Crippen LogP contribution in [0, 0.1) is 0 Å². The summed E-state index contributed by atoms with van der Waals surface area (Å²) in [6.45, 7) is 3.88. The highest BCUT2D eigenvalue weighted by Gasteiger charge is 2.11. The Morgan fingerprint density at radius 3 is 2.56 bits per heavy atom. The van der Waals surface area contributed by atoms with Gasteiger partial charge in [0.05, 0.1) is 12.2 Å². The van der Waals surface area contributed by atoms with Crippen molar-refractivity contribution in [2.75, 3.05) is 32.0 Å². The van der Waals surface area contributed by atoms with Crippen molar-refractivity contribution in [1.29, 1.82) is 0 Å². The highest BCUT2D eigenvalue weighted by atomic mass is 16.5. The van der Waals surface area contributed by atoms with E-state index in [0.717, 1.165) is 13.0 Å². The summed E-state index contributed by atoms with van der Waals surface area (Å²) < 4.78 is 5.22. The molecule has 1 saturated heterocycles. The van der Waals surface area contributed by atoms with Crippen LogP contribution in [-0.2, 0) is 4.74 Å². The molecule has 1 aliphatic heterocycles. The first kappa shape index (κ1) is 12.9. The third-order valence-electron chi connectivity index (χ3n) is 3.20. The van der Waals surface area contributed by atoms with Crippen molar-refractivity contribution in [1.82, 2.24) is 4.90 Å². The van der Waals surface area contributed by atoms with Gasteiger partial charge in [-0.05, 0) is 56.6 Å². The largest absolute Gasteiger partial charge is 0.462 e. The molecule has 1 aromatic carbocycles. The summed E-state index contributed by atoms with van der Waals surface area (Å²) >= 11 is 0. The number of ether oxygens (including phenoxy) is 1. The van der Waals surface area contributed by atoms with E-state index in [9.17, 15) is 4.79 Å². The van der Waals surface area contributed by atoms with Gasteiger partial charge in [0.1, 0.15) is 0 Å². The van der Waals surface area contributed by atoms with E-state index in [1.54, 1.807) is 24.3 Å². The number of nitrogens with two attached hydrogens (primary N) is 1. The second kappa shape index (κ2) is 6.40. The van der Waals surface area contributed by atoms with Gasteiger partial charge in [0.15, 0.2) is 0 Å². The number of benzene rings is 1. The first-order chi connectivity index (χ1) is 8.75. The SMILES string of the molecule is Nc1ccc(C(=O)OCCCN2CCCC2)cc1. The number of carbonyl (C=O) groups is 1. The summed E-state index contributed by atoms with van der Waals surface area (Å²) in [5.74, 6) is -0.267. The van der Waals surface area contributed by atoms with Crippen LogP contribution in [0.4, 0.5) is 5.69 Å². The smallest absolute Gasteiger partial charge is 0.338 e. The zero-order valence-electron chi connectivity index (χ0n) is 10.6. The Labute approximate surface area is 108 Å². The second-order valence-electron chi connectivity index (χ2n) is 4.66. The Morgan fingerprint density at radius 2 is 1.89 bits per heavy atom. The van der Waals surface area contributed by atoms with E-state index in [2.05, 4.69) is 4.90 Å². The van der Waals surface area contributed by atoms with Crippen molar-refractivity contribution in [3.63, 3.8) is 0 Å². The molecule has 4 heteroatoms. The lowest BCUT2D eigenvalue weighted by atomic mass is 10.2. The fraction of sp³-hybridized carbons (Fsp3) is 0.500. The van der Waals surface area contributed by atoms with Gasteiger partial charge in [0.2, 0.25) is 0 Å². The summed E-state index contributed by atoms with van der Waals surface area (Å²) in [5.41, 5.74) is 6.77. The molecular formula is C14H20N2O2. The Hall–Kier alpha value is -1.55. The number of hydrogen-bond acceptors (Lipinski definition) is 4. The predicted octanol–water partition coefficient (Wildman–Crippen LogP) is 1.91. The zero-order chi connectivity index (χ0) is 12.8. The van der Waals surface area contributed by atoms with Crippen molar-refractivity contribution >= 4 is 11.7 Å². The molecule has 1 fully saturated rings. The highest BCUT2D eigenvalue weighted by molar-refractivity contribution is 5.89. The number of rotatable bonds is 5. The molecule has 18 heavy (non-hydrogen) atoms.